The van der Waals surface area contributed by atoms with E-state index in [2.05, 4.69) is 0 Å². The summed E-state index contributed by atoms with van der Waals surface area (Å²) in [7, 11) is 3.05. The van der Waals surface area contributed by atoms with Crippen molar-refractivity contribution in [2.75, 3.05) is 14.2 Å². The number of hydrogen-bond donors (Lipinski definition) is 2. The number of nitrogens with one attached hydrogen (secondary N) is 1. The van der Waals surface area contributed by atoms with E-state index in [0.717, 1.165) is 22.7 Å². The maximum atomic E-state index is 11.6. The van der Waals surface area contributed by atoms with Crippen molar-refractivity contribution in [2.45, 2.75) is 5.75 Å². The van der Waals surface area contributed by atoms with Crippen molar-refractivity contribution in [2.24, 2.45) is 5.73 Å². The molecule has 0 fully saturated rings. The largest absolute Gasteiger partial charge is 0.493 e. The van der Waals surface area contributed by atoms with Crippen LogP contribution in [0, 0.1) is 5.41 Å². The van der Waals surface area contributed by atoms with Gasteiger partial charge in [0, 0.05) is 23.3 Å². The van der Waals surface area contributed by atoms with Crippen molar-refractivity contribution < 1.29 is 13.9 Å². The molecule has 1 heterocycles. The maximum Gasteiger partial charge on any atom is 0.336 e. The second-order valence-corrected chi connectivity index (χ2v) is 4.96. The molecule has 106 valence electrons. The van der Waals surface area contributed by atoms with Crippen LogP contribution in [0.5, 0.6) is 11.5 Å². The van der Waals surface area contributed by atoms with Crippen LogP contribution in [0.2, 0.25) is 0 Å². The summed E-state index contributed by atoms with van der Waals surface area (Å²) in [6.45, 7) is 0. The zero-order chi connectivity index (χ0) is 14.7. The van der Waals surface area contributed by atoms with Crippen LogP contribution in [0.15, 0.2) is 27.4 Å². The summed E-state index contributed by atoms with van der Waals surface area (Å²) in [5.41, 5.74) is 6.01. The first-order chi connectivity index (χ1) is 9.55. The fourth-order valence-electron chi connectivity index (χ4n) is 1.83. The van der Waals surface area contributed by atoms with Crippen LogP contribution < -0.4 is 20.8 Å². The SMILES string of the molecule is COc1cc2oc(=O)cc(CSC(=N)N)c2cc1OC. The van der Waals surface area contributed by atoms with Gasteiger partial charge >= 0.3 is 5.63 Å². The Morgan fingerprint density at radius 3 is 2.55 bits per heavy atom. The number of rotatable bonds is 4. The number of thioether (sulfide) groups is 1. The number of nitrogens with two attached hydrogens (primary N) is 1. The summed E-state index contributed by atoms with van der Waals surface area (Å²) < 4.78 is 15.6. The predicted octanol–water partition coefficient (Wildman–Crippen LogP) is 1.94. The molecule has 0 amide bonds. The molecule has 6 nitrogen and oxygen atoms in total. The summed E-state index contributed by atoms with van der Waals surface area (Å²) >= 11 is 1.14. The second kappa shape index (κ2) is 5.87. The van der Waals surface area contributed by atoms with Gasteiger partial charge in [0.05, 0.1) is 14.2 Å². The molecule has 2 aromatic rings. The standard InChI is InChI=1S/C13H14N2O4S/c1-17-10-4-8-7(6-20-13(14)15)3-12(16)19-9(8)5-11(10)18-2/h3-5H,6H2,1-2H3,(H3,14,15). The summed E-state index contributed by atoms with van der Waals surface area (Å²) in [6.07, 6.45) is 0. The Balaban J connectivity index is 2.61. The maximum absolute atomic E-state index is 11.6. The first kappa shape index (κ1) is 14.3. The fourth-order valence-corrected chi connectivity index (χ4v) is 2.38. The topological polar surface area (TPSA) is 98.5 Å². The highest BCUT2D eigenvalue weighted by atomic mass is 32.2. The molecular weight excluding hydrogens is 280 g/mol. The van der Waals surface area contributed by atoms with Crippen molar-refractivity contribution in [1.29, 1.82) is 5.41 Å². The molecule has 0 unspecified atom stereocenters. The molecule has 0 saturated heterocycles. The first-order valence-electron chi connectivity index (χ1n) is 5.70. The minimum absolute atomic E-state index is 0.00753. The van der Waals surface area contributed by atoms with Gasteiger partial charge in [0.15, 0.2) is 16.7 Å². The number of ether oxygens (including phenoxy) is 2. The average molecular weight is 294 g/mol. The number of amidine groups is 1. The van der Waals surface area contributed by atoms with Crippen molar-refractivity contribution in [3.63, 3.8) is 0 Å². The van der Waals surface area contributed by atoms with E-state index in [9.17, 15) is 4.79 Å². The molecule has 20 heavy (non-hydrogen) atoms. The van der Waals surface area contributed by atoms with Crippen molar-refractivity contribution >= 4 is 27.9 Å². The van der Waals surface area contributed by atoms with Gasteiger partial charge in [0.1, 0.15) is 5.58 Å². The zero-order valence-corrected chi connectivity index (χ0v) is 11.9. The minimum Gasteiger partial charge on any atom is -0.493 e. The second-order valence-electron chi connectivity index (χ2n) is 3.95. The Hall–Kier alpha value is -2.15. The Morgan fingerprint density at radius 2 is 1.95 bits per heavy atom. The van der Waals surface area contributed by atoms with Crippen LogP contribution in [0.4, 0.5) is 0 Å². The van der Waals surface area contributed by atoms with E-state index in [-0.39, 0.29) is 5.17 Å². The summed E-state index contributed by atoms with van der Waals surface area (Å²) in [4.78, 5) is 11.6. The lowest BCUT2D eigenvalue weighted by atomic mass is 10.1. The van der Waals surface area contributed by atoms with Gasteiger partial charge in [-0.25, -0.2) is 4.79 Å². The van der Waals surface area contributed by atoms with Gasteiger partial charge in [-0.15, -0.1) is 0 Å². The minimum atomic E-state index is -0.455. The number of fused-ring (bicyclic) bond motifs is 1. The van der Waals surface area contributed by atoms with Crippen LogP contribution in [0.25, 0.3) is 11.0 Å². The molecule has 0 atom stereocenters. The van der Waals surface area contributed by atoms with Gasteiger partial charge < -0.3 is 19.6 Å². The van der Waals surface area contributed by atoms with Crippen molar-refractivity contribution in [1.82, 2.24) is 0 Å². The monoisotopic (exact) mass is 294 g/mol. The van der Waals surface area contributed by atoms with E-state index in [4.69, 9.17) is 25.0 Å². The van der Waals surface area contributed by atoms with Crippen molar-refractivity contribution in [3.8, 4) is 11.5 Å². The van der Waals surface area contributed by atoms with Crippen LogP contribution in [-0.4, -0.2) is 19.4 Å². The average Bonchev–Trinajstić information content (AvgIpc) is 2.42. The third kappa shape index (κ3) is 2.88. The van der Waals surface area contributed by atoms with Crippen molar-refractivity contribution in [3.05, 3.63) is 34.2 Å². The van der Waals surface area contributed by atoms with Gasteiger partial charge in [0.25, 0.3) is 0 Å². The van der Waals surface area contributed by atoms with Crippen LogP contribution in [-0.2, 0) is 5.75 Å². The third-order valence-electron chi connectivity index (χ3n) is 2.72. The lowest BCUT2D eigenvalue weighted by Crippen LogP contribution is -2.06. The normalized spacial score (nSPS) is 10.5. The molecule has 0 aliphatic carbocycles. The molecule has 0 spiro atoms. The van der Waals surface area contributed by atoms with E-state index in [0.29, 0.717) is 22.8 Å². The molecule has 7 heteroatoms. The summed E-state index contributed by atoms with van der Waals surface area (Å²) in [5.74, 6) is 1.44. The zero-order valence-electron chi connectivity index (χ0n) is 11.1. The number of benzene rings is 1. The lowest BCUT2D eigenvalue weighted by molar-refractivity contribution is 0.355. The Kier molecular flexibility index (Phi) is 4.19. The van der Waals surface area contributed by atoms with Crippen LogP contribution in [0.1, 0.15) is 5.56 Å². The van der Waals surface area contributed by atoms with Gasteiger partial charge in [-0.2, -0.15) is 0 Å². The highest BCUT2D eigenvalue weighted by Crippen LogP contribution is 2.33. The van der Waals surface area contributed by atoms with Gasteiger partial charge in [-0.1, -0.05) is 11.8 Å². The lowest BCUT2D eigenvalue weighted by Gasteiger charge is -2.10. The quantitative estimate of drug-likeness (QED) is 0.508. The van der Waals surface area contributed by atoms with Gasteiger partial charge in [-0.05, 0) is 11.6 Å². The van der Waals surface area contributed by atoms with Crippen LogP contribution in [0.3, 0.4) is 0 Å². The smallest absolute Gasteiger partial charge is 0.336 e. The van der Waals surface area contributed by atoms with E-state index in [1.54, 1.807) is 12.1 Å². The van der Waals surface area contributed by atoms with E-state index < -0.39 is 5.63 Å². The molecule has 1 aromatic heterocycles. The molecule has 0 aliphatic heterocycles. The summed E-state index contributed by atoms with van der Waals surface area (Å²) in [6, 6.07) is 4.74. The molecule has 2 rings (SSSR count). The molecular formula is C13H14N2O4S. The third-order valence-corrected chi connectivity index (χ3v) is 3.48. The Morgan fingerprint density at radius 1 is 1.30 bits per heavy atom. The van der Waals surface area contributed by atoms with Gasteiger partial charge in [-0.3, -0.25) is 5.41 Å². The Labute approximate surface area is 119 Å². The highest BCUT2D eigenvalue weighted by Gasteiger charge is 2.12. The molecule has 0 aliphatic rings. The summed E-state index contributed by atoms with van der Waals surface area (Å²) in [5, 5.41) is 7.97. The molecule has 0 radical (unpaired) electrons. The van der Waals surface area contributed by atoms with E-state index in [1.165, 1.54) is 20.3 Å². The molecule has 0 saturated carbocycles. The highest BCUT2D eigenvalue weighted by molar-refractivity contribution is 8.13. The van der Waals surface area contributed by atoms with E-state index in [1.807, 2.05) is 0 Å². The predicted molar refractivity (Wildman–Crippen MR) is 78.8 cm³/mol. The van der Waals surface area contributed by atoms with Gasteiger partial charge in [0.2, 0.25) is 0 Å². The first-order valence-corrected chi connectivity index (χ1v) is 6.69. The molecule has 3 N–H and O–H groups in total. The fraction of sp³-hybridized carbons (Fsp3) is 0.231. The molecule has 1 aromatic carbocycles. The Bertz CT molecular complexity index is 711. The molecule has 0 bridgehead atoms. The van der Waals surface area contributed by atoms with E-state index >= 15 is 0 Å². The van der Waals surface area contributed by atoms with Crippen LogP contribution >= 0.6 is 11.8 Å². The number of hydrogen-bond acceptors (Lipinski definition) is 6. The number of methoxy groups -OCH3 is 2.